The number of hydrogen-bond acceptors (Lipinski definition) is 3. The zero-order chi connectivity index (χ0) is 22.7. The van der Waals surface area contributed by atoms with Crippen molar-refractivity contribution in [2.24, 2.45) is 0 Å². The van der Waals surface area contributed by atoms with E-state index in [2.05, 4.69) is 43.2 Å². The fourth-order valence-corrected chi connectivity index (χ4v) is 3.74. The molecule has 0 aliphatic rings. The molecule has 1 N–H and O–H groups in total. The largest absolute Gasteiger partial charge is 0.349 e. The van der Waals surface area contributed by atoms with E-state index in [-0.39, 0.29) is 17.4 Å². The van der Waals surface area contributed by atoms with Crippen molar-refractivity contribution >= 4 is 11.6 Å². The Balaban J connectivity index is 1.66. The fourth-order valence-electron chi connectivity index (χ4n) is 3.74. The van der Waals surface area contributed by atoms with E-state index in [0.29, 0.717) is 5.56 Å². The summed E-state index contributed by atoms with van der Waals surface area (Å²) in [6.45, 7) is 8.41. The SMILES string of the molecule is C[C@H](CCc1ccccc1)NC(=O)c1cnc2cc(C(C)(C)C)nn2c1-c1ccccc1. The van der Waals surface area contributed by atoms with Crippen molar-refractivity contribution in [2.75, 3.05) is 0 Å². The molecule has 0 radical (unpaired) electrons. The van der Waals surface area contributed by atoms with Crippen LogP contribution in [-0.4, -0.2) is 26.5 Å². The first-order valence-electron chi connectivity index (χ1n) is 11.1. The third-order valence-corrected chi connectivity index (χ3v) is 5.63. The van der Waals surface area contributed by atoms with Crippen LogP contribution >= 0.6 is 0 Å². The van der Waals surface area contributed by atoms with E-state index in [9.17, 15) is 4.79 Å². The van der Waals surface area contributed by atoms with E-state index in [1.165, 1.54) is 5.56 Å². The van der Waals surface area contributed by atoms with Gasteiger partial charge in [0.25, 0.3) is 5.91 Å². The van der Waals surface area contributed by atoms with Crippen molar-refractivity contribution < 1.29 is 4.79 Å². The van der Waals surface area contributed by atoms with Gasteiger partial charge in [-0.3, -0.25) is 4.79 Å². The number of carbonyl (C=O) groups excluding carboxylic acids is 1. The van der Waals surface area contributed by atoms with Gasteiger partial charge in [-0.05, 0) is 25.3 Å². The van der Waals surface area contributed by atoms with E-state index in [0.717, 1.165) is 35.4 Å². The number of nitrogens with one attached hydrogen (secondary N) is 1. The smallest absolute Gasteiger partial charge is 0.255 e. The van der Waals surface area contributed by atoms with Crippen molar-refractivity contribution in [3.05, 3.63) is 89.7 Å². The highest BCUT2D eigenvalue weighted by molar-refractivity contribution is 6.00. The number of fused-ring (bicyclic) bond motifs is 1. The highest BCUT2D eigenvalue weighted by Crippen LogP contribution is 2.28. The van der Waals surface area contributed by atoms with Crippen molar-refractivity contribution in [1.29, 1.82) is 0 Å². The first-order chi connectivity index (χ1) is 15.3. The summed E-state index contributed by atoms with van der Waals surface area (Å²) in [7, 11) is 0. The molecule has 0 aliphatic carbocycles. The number of rotatable bonds is 6. The fraction of sp³-hybridized carbons (Fsp3) is 0.296. The number of benzene rings is 2. The number of aromatic nitrogens is 3. The molecule has 2 aromatic carbocycles. The zero-order valence-corrected chi connectivity index (χ0v) is 19.2. The molecular weight excluding hydrogens is 396 g/mol. The van der Waals surface area contributed by atoms with Crippen LogP contribution in [0.15, 0.2) is 72.9 Å². The normalized spacial score (nSPS) is 12.6. The number of nitrogens with zero attached hydrogens (tertiary/aromatic N) is 3. The maximum Gasteiger partial charge on any atom is 0.255 e. The quantitative estimate of drug-likeness (QED) is 0.446. The van der Waals surface area contributed by atoms with E-state index < -0.39 is 0 Å². The average molecular weight is 427 g/mol. The highest BCUT2D eigenvalue weighted by atomic mass is 16.1. The van der Waals surface area contributed by atoms with Gasteiger partial charge in [0.05, 0.1) is 17.0 Å². The Kier molecular flexibility index (Phi) is 6.08. The van der Waals surface area contributed by atoms with Crippen molar-refractivity contribution in [3.63, 3.8) is 0 Å². The van der Waals surface area contributed by atoms with Crippen LogP contribution < -0.4 is 5.32 Å². The van der Waals surface area contributed by atoms with Crippen LogP contribution in [0, 0.1) is 0 Å². The molecule has 32 heavy (non-hydrogen) atoms. The van der Waals surface area contributed by atoms with Gasteiger partial charge in [-0.1, -0.05) is 81.4 Å². The van der Waals surface area contributed by atoms with Gasteiger partial charge >= 0.3 is 0 Å². The van der Waals surface area contributed by atoms with E-state index in [4.69, 9.17) is 5.10 Å². The summed E-state index contributed by atoms with van der Waals surface area (Å²) in [6.07, 6.45) is 3.45. The summed E-state index contributed by atoms with van der Waals surface area (Å²) in [4.78, 5) is 17.9. The molecule has 0 saturated heterocycles. The van der Waals surface area contributed by atoms with Gasteiger partial charge in [-0.2, -0.15) is 5.10 Å². The Morgan fingerprint density at radius 2 is 1.69 bits per heavy atom. The second-order valence-corrected chi connectivity index (χ2v) is 9.33. The topological polar surface area (TPSA) is 59.3 Å². The van der Waals surface area contributed by atoms with Crippen molar-refractivity contribution in [1.82, 2.24) is 19.9 Å². The van der Waals surface area contributed by atoms with Crippen LogP contribution in [0.4, 0.5) is 0 Å². The van der Waals surface area contributed by atoms with E-state index in [1.54, 1.807) is 10.7 Å². The van der Waals surface area contributed by atoms with Gasteiger partial charge in [0.2, 0.25) is 0 Å². The van der Waals surface area contributed by atoms with Gasteiger partial charge in [-0.25, -0.2) is 9.50 Å². The van der Waals surface area contributed by atoms with Crippen LogP contribution in [0.3, 0.4) is 0 Å². The van der Waals surface area contributed by atoms with Gasteiger partial charge in [-0.15, -0.1) is 0 Å². The lowest BCUT2D eigenvalue weighted by Crippen LogP contribution is -2.33. The molecule has 5 nitrogen and oxygen atoms in total. The summed E-state index contributed by atoms with van der Waals surface area (Å²) in [5.41, 5.74) is 5.06. The number of hydrogen-bond donors (Lipinski definition) is 1. The first kappa shape index (κ1) is 21.8. The lowest BCUT2D eigenvalue weighted by Gasteiger charge is -2.17. The van der Waals surface area contributed by atoms with Crippen molar-refractivity contribution in [2.45, 2.75) is 52.0 Å². The van der Waals surface area contributed by atoms with E-state index in [1.807, 2.05) is 61.5 Å². The molecular formula is C27H30N4O. The molecule has 2 heterocycles. The third-order valence-electron chi connectivity index (χ3n) is 5.63. The number of aryl methyl sites for hydroxylation is 1. The van der Waals surface area contributed by atoms with Crippen LogP contribution in [-0.2, 0) is 11.8 Å². The minimum Gasteiger partial charge on any atom is -0.349 e. The predicted molar refractivity (Wildman–Crippen MR) is 129 cm³/mol. The molecule has 0 fully saturated rings. The third kappa shape index (κ3) is 4.72. The Morgan fingerprint density at radius 3 is 2.34 bits per heavy atom. The van der Waals surface area contributed by atoms with Crippen LogP contribution in [0.1, 0.15) is 55.7 Å². The molecule has 1 amide bonds. The van der Waals surface area contributed by atoms with Crippen LogP contribution in [0.2, 0.25) is 0 Å². The molecule has 0 spiro atoms. The zero-order valence-electron chi connectivity index (χ0n) is 19.2. The number of amides is 1. The lowest BCUT2D eigenvalue weighted by molar-refractivity contribution is 0.0938. The predicted octanol–water partition coefficient (Wildman–Crippen LogP) is 5.44. The summed E-state index contributed by atoms with van der Waals surface area (Å²) in [5, 5.41) is 7.99. The average Bonchev–Trinajstić information content (AvgIpc) is 3.23. The van der Waals surface area contributed by atoms with Gasteiger partial charge in [0.1, 0.15) is 0 Å². The summed E-state index contributed by atoms with van der Waals surface area (Å²) in [5.74, 6) is -0.133. The maximum atomic E-state index is 13.3. The van der Waals surface area contributed by atoms with Crippen LogP contribution in [0.25, 0.3) is 16.9 Å². The van der Waals surface area contributed by atoms with Gasteiger partial charge in [0, 0.05) is 29.3 Å². The second-order valence-electron chi connectivity index (χ2n) is 9.33. The van der Waals surface area contributed by atoms with Crippen molar-refractivity contribution in [3.8, 4) is 11.3 Å². The molecule has 164 valence electrons. The molecule has 0 aliphatic heterocycles. The molecule has 0 bridgehead atoms. The number of carbonyl (C=O) groups is 1. The summed E-state index contributed by atoms with van der Waals surface area (Å²) in [6, 6.07) is 22.3. The van der Waals surface area contributed by atoms with Crippen LogP contribution in [0.5, 0.6) is 0 Å². The standard InChI is InChI=1S/C27H30N4O/c1-19(15-16-20-11-7-5-8-12-20)29-26(32)22-18-28-24-17-23(27(2,3)4)30-31(24)25(22)21-13-9-6-10-14-21/h5-14,17-19H,15-16H2,1-4H3,(H,29,32)/t19-/m1/s1. The van der Waals surface area contributed by atoms with Gasteiger partial charge in [0.15, 0.2) is 5.65 Å². The minimum atomic E-state index is -0.133. The molecule has 4 rings (SSSR count). The molecule has 4 aromatic rings. The Morgan fingerprint density at radius 1 is 1.03 bits per heavy atom. The Labute approximate surface area is 189 Å². The minimum absolute atomic E-state index is 0.0322. The Hall–Kier alpha value is -3.47. The Bertz CT molecular complexity index is 1210. The maximum absolute atomic E-state index is 13.3. The monoisotopic (exact) mass is 426 g/mol. The highest BCUT2D eigenvalue weighted by Gasteiger charge is 2.23. The first-order valence-corrected chi connectivity index (χ1v) is 11.1. The molecule has 1 atom stereocenters. The van der Waals surface area contributed by atoms with E-state index >= 15 is 0 Å². The molecule has 0 saturated carbocycles. The molecule has 2 aromatic heterocycles. The summed E-state index contributed by atoms with van der Waals surface area (Å²) < 4.78 is 1.81. The second kappa shape index (κ2) is 8.95. The molecule has 0 unspecified atom stereocenters. The summed E-state index contributed by atoms with van der Waals surface area (Å²) >= 11 is 0. The molecule has 5 heteroatoms. The lowest BCUT2D eigenvalue weighted by atomic mass is 9.93. The van der Waals surface area contributed by atoms with Gasteiger partial charge < -0.3 is 5.32 Å².